The lowest BCUT2D eigenvalue weighted by Crippen LogP contribution is -2.03. The average molecular weight is 207 g/mol. The molecule has 0 aromatic heterocycles. The van der Waals surface area contributed by atoms with Gasteiger partial charge in [-0.3, -0.25) is 0 Å². The number of rotatable bonds is 5. The molecule has 0 aliphatic heterocycles. The van der Waals surface area contributed by atoms with E-state index in [-0.39, 0.29) is 0 Å². The van der Waals surface area contributed by atoms with Gasteiger partial charge in [0.05, 0.1) is 0 Å². The van der Waals surface area contributed by atoms with Crippen molar-refractivity contribution in [1.82, 2.24) is 0 Å². The van der Waals surface area contributed by atoms with Crippen molar-refractivity contribution in [2.24, 2.45) is 11.8 Å². The van der Waals surface area contributed by atoms with Gasteiger partial charge in [0.25, 0.3) is 0 Å². The fourth-order valence-electron chi connectivity index (χ4n) is 1.36. The summed E-state index contributed by atoms with van der Waals surface area (Å²) in [4.78, 5) is 0. The Morgan fingerprint density at radius 1 is 1.20 bits per heavy atom. The van der Waals surface area contributed by atoms with Crippen LogP contribution in [0.25, 0.3) is 0 Å². The van der Waals surface area contributed by atoms with Crippen LogP contribution in [0.3, 0.4) is 0 Å². The molecule has 0 nitrogen and oxygen atoms in total. The van der Waals surface area contributed by atoms with Gasteiger partial charge in [0.2, 0.25) is 0 Å². The molecule has 1 heteroatoms. The summed E-state index contributed by atoms with van der Waals surface area (Å²) < 4.78 is 0. The normalized spacial score (nSPS) is 16.8. The van der Waals surface area contributed by atoms with Gasteiger partial charge in [0.15, 0.2) is 0 Å². The van der Waals surface area contributed by atoms with Gasteiger partial charge < -0.3 is 0 Å². The van der Waals surface area contributed by atoms with Crippen LogP contribution in [-0.4, -0.2) is 5.33 Å². The molecule has 0 radical (unpaired) electrons. The molecular formula is C9H19Br. The van der Waals surface area contributed by atoms with E-state index in [0.717, 1.165) is 17.2 Å². The van der Waals surface area contributed by atoms with Crippen molar-refractivity contribution in [3.05, 3.63) is 0 Å². The molecule has 0 aromatic rings. The van der Waals surface area contributed by atoms with E-state index in [1.807, 2.05) is 0 Å². The number of halogens is 1. The molecule has 62 valence electrons. The monoisotopic (exact) mass is 206 g/mol. The van der Waals surface area contributed by atoms with Crippen molar-refractivity contribution < 1.29 is 0 Å². The second-order valence-corrected chi connectivity index (χ2v) is 4.04. The molecule has 0 aromatic carbocycles. The summed E-state index contributed by atoms with van der Waals surface area (Å²) in [5, 5.41) is 1.15. The first-order valence-corrected chi connectivity index (χ1v) is 5.38. The van der Waals surface area contributed by atoms with Crippen molar-refractivity contribution in [2.45, 2.75) is 40.0 Å². The molecule has 0 aliphatic rings. The van der Waals surface area contributed by atoms with Crippen LogP contribution >= 0.6 is 15.9 Å². The highest BCUT2D eigenvalue weighted by atomic mass is 79.9. The Kier molecular flexibility index (Phi) is 6.50. The first-order chi connectivity index (χ1) is 4.70. The summed E-state index contributed by atoms with van der Waals surface area (Å²) in [6.45, 7) is 6.92. The van der Waals surface area contributed by atoms with E-state index in [0.29, 0.717) is 0 Å². The predicted octanol–water partition coefficient (Wildman–Crippen LogP) is 3.84. The third-order valence-corrected chi connectivity index (χ3v) is 2.95. The molecule has 0 spiro atoms. The zero-order valence-corrected chi connectivity index (χ0v) is 8.95. The molecule has 0 aliphatic carbocycles. The summed E-state index contributed by atoms with van der Waals surface area (Å²) in [7, 11) is 0. The summed E-state index contributed by atoms with van der Waals surface area (Å²) in [5.41, 5.74) is 0. The maximum absolute atomic E-state index is 3.49. The summed E-state index contributed by atoms with van der Waals surface area (Å²) >= 11 is 3.49. The van der Waals surface area contributed by atoms with Crippen molar-refractivity contribution in [2.75, 3.05) is 5.33 Å². The van der Waals surface area contributed by atoms with Crippen molar-refractivity contribution in [3.63, 3.8) is 0 Å². The fraction of sp³-hybridized carbons (Fsp3) is 1.00. The fourth-order valence-corrected chi connectivity index (χ4v) is 1.62. The van der Waals surface area contributed by atoms with Gasteiger partial charge in [-0.25, -0.2) is 0 Å². The van der Waals surface area contributed by atoms with Gasteiger partial charge in [-0.15, -0.1) is 0 Å². The molecule has 0 fully saturated rings. The quantitative estimate of drug-likeness (QED) is 0.601. The van der Waals surface area contributed by atoms with E-state index < -0.39 is 0 Å². The molecule has 1 unspecified atom stereocenters. The molecule has 0 rings (SSSR count). The van der Waals surface area contributed by atoms with Crippen molar-refractivity contribution in [3.8, 4) is 0 Å². The Morgan fingerprint density at radius 2 is 1.80 bits per heavy atom. The summed E-state index contributed by atoms with van der Waals surface area (Å²) in [5.74, 6) is 1.76. The lowest BCUT2D eigenvalue weighted by Gasteiger charge is -2.13. The SMILES string of the molecule is CCCC(C)C[C@@H](C)CBr. The molecule has 0 saturated carbocycles. The zero-order valence-electron chi connectivity index (χ0n) is 7.36. The van der Waals surface area contributed by atoms with Crippen LogP contribution in [0, 0.1) is 11.8 Å². The summed E-state index contributed by atoms with van der Waals surface area (Å²) in [6.07, 6.45) is 4.09. The average Bonchev–Trinajstić information content (AvgIpc) is 1.88. The van der Waals surface area contributed by atoms with Crippen LogP contribution in [0.5, 0.6) is 0 Å². The van der Waals surface area contributed by atoms with Gasteiger partial charge in [0.1, 0.15) is 0 Å². The minimum Gasteiger partial charge on any atom is -0.0925 e. The predicted molar refractivity (Wildman–Crippen MR) is 51.6 cm³/mol. The van der Waals surface area contributed by atoms with Gasteiger partial charge in [-0.2, -0.15) is 0 Å². The third kappa shape index (κ3) is 5.28. The molecule has 0 heterocycles. The Labute approximate surface area is 73.5 Å². The van der Waals surface area contributed by atoms with Crippen LogP contribution < -0.4 is 0 Å². The van der Waals surface area contributed by atoms with Gasteiger partial charge in [-0.1, -0.05) is 49.5 Å². The van der Waals surface area contributed by atoms with E-state index in [1.165, 1.54) is 19.3 Å². The van der Waals surface area contributed by atoms with Crippen LogP contribution in [0.15, 0.2) is 0 Å². The first-order valence-electron chi connectivity index (χ1n) is 4.26. The second kappa shape index (κ2) is 6.21. The lowest BCUT2D eigenvalue weighted by molar-refractivity contribution is 0.417. The Bertz CT molecular complexity index is 71.1. The third-order valence-electron chi connectivity index (χ3n) is 1.85. The number of hydrogen-bond donors (Lipinski definition) is 0. The smallest absolute Gasteiger partial charge is 0.00571 e. The van der Waals surface area contributed by atoms with Gasteiger partial charge in [-0.05, 0) is 18.3 Å². The molecular weight excluding hydrogens is 188 g/mol. The highest BCUT2D eigenvalue weighted by molar-refractivity contribution is 9.09. The lowest BCUT2D eigenvalue weighted by atomic mass is 9.95. The minimum atomic E-state index is 0.849. The highest BCUT2D eigenvalue weighted by Crippen LogP contribution is 2.17. The van der Waals surface area contributed by atoms with E-state index in [1.54, 1.807) is 0 Å². The molecule has 2 atom stereocenters. The molecule has 10 heavy (non-hydrogen) atoms. The van der Waals surface area contributed by atoms with Gasteiger partial charge >= 0.3 is 0 Å². The minimum absolute atomic E-state index is 0.849. The van der Waals surface area contributed by atoms with E-state index in [2.05, 4.69) is 36.7 Å². The zero-order chi connectivity index (χ0) is 7.98. The second-order valence-electron chi connectivity index (χ2n) is 3.39. The van der Waals surface area contributed by atoms with Crippen LogP contribution in [0.1, 0.15) is 40.0 Å². The number of alkyl halides is 1. The van der Waals surface area contributed by atoms with Crippen LogP contribution in [0.2, 0.25) is 0 Å². The molecule has 0 N–H and O–H groups in total. The maximum Gasteiger partial charge on any atom is 0.00571 e. The van der Waals surface area contributed by atoms with Crippen LogP contribution in [-0.2, 0) is 0 Å². The summed E-state index contributed by atoms with van der Waals surface area (Å²) in [6, 6.07) is 0. The molecule has 0 saturated heterocycles. The topological polar surface area (TPSA) is 0 Å². The van der Waals surface area contributed by atoms with E-state index in [9.17, 15) is 0 Å². The van der Waals surface area contributed by atoms with Crippen molar-refractivity contribution >= 4 is 15.9 Å². The maximum atomic E-state index is 3.49. The van der Waals surface area contributed by atoms with E-state index in [4.69, 9.17) is 0 Å². The molecule has 0 amide bonds. The standard InChI is InChI=1S/C9H19Br/c1-4-5-8(2)6-9(3)7-10/h8-9H,4-7H2,1-3H3/t8?,9-/m1/s1. The largest absolute Gasteiger partial charge is 0.0925 e. The Morgan fingerprint density at radius 3 is 2.20 bits per heavy atom. The Balaban J connectivity index is 3.27. The molecule has 0 bridgehead atoms. The van der Waals surface area contributed by atoms with Crippen molar-refractivity contribution in [1.29, 1.82) is 0 Å². The Hall–Kier alpha value is 0.480. The first kappa shape index (κ1) is 10.5. The van der Waals surface area contributed by atoms with E-state index >= 15 is 0 Å². The highest BCUT2D eigenvalue weighted by Gasteiger charge is 2.05. The van der Waals surface area contributed by atoms with Crippen LogP contribution in [0.4, 0.5) is 0 Å². The number of hydrogen-bond acceptors (Lipinski definition) is 0. The van der Waals surface area contributed by atoms with Gasteiger partial charge in [0, 0.05) is 5.33 Å².